The van der Waals surface area contributed by atoms with E-state index in [9.17, 15) is 9.59 Å². The molecule has 0 saturated carbocycles. The molecule has 2 aromatic carbocycles. The maximum absolute atomic E-state index is 12.9. The molecule has 8 heteroatoms. The predicted molar refractivity (Wildman–Crippen MR) is 114 cm³/mol. The van der Waals surface area contributed by atoms with Crippen LogP contribution in [0.15, 0.2) is 59.4 Å². The number of carbonyl (C=O) groups excluding carboxylic acids is 1. The first kappa shape index (κ1) is 20.5. The van der Waals surface area contributed by atoms with Gasteiger partial charge in [0.25, 0.3) is 5.56 Å². The summed E-state index contributed by atoms with van der Waals surface area (Å²) in [7, 11) is 3.42. The highest BCUT2D eigenvalue weighted by atomic mass is 35.5. The number of likely N-dealkylation sites (N-methyl/N-ethyl adjacent to an activating group) is 1. The zero-order chi connectivity index (χ0) is 21.0. The minimum atomic E-state index is -0.390. The first-order chi connectivity index (χ1) is 13.9. The molecule has 0 aliphatic carbocycles. The van der Waals surface area contributed by atoms with Gasteiger partial charge in [0, 0.05) is 14.1 Å². The van der Waals surface area contributed by atoms with Crippen molar-refractivity contribution in [3.05, 3.63) is 75.7 Å². The van der Waals surface area contributed by atoms with E-state index >= 15 is 0 Å². The van der Waals surface area contributed by atoms with Gasteiger partial charge in [-0.1, -0.05) is 41.9 Å². The summed E-state index contributed by atoms with van der Waals surface area (Å²) in [4.78, 5) is 26.9. The normalized spacial score (nSPS) is 10.6. The smallest absolute Gasteiger partial charge is 0.321 e. The van der Waals surface area contributed by atoms with Crippen molar-refractivity contribution >= 4 is 23.3 Å². The van der Waals surface area contributed by atoms with E-state index in [1.807, 2.05) is 42.5 Å². The summed E-state index contributed by atoms with van der Waals surface area (Å²) >= 11 is 6.05. The van der Waals surface area contributed by atoms with Crippen LogP contribution in [-0.4, -0.2) is 40.5 Å². The predicted octanol–water partition coefficient (Wildman–Crippen LogP) is 3.68. The zero-order valence-electron chi connectivity index (χ0n) is 16.6. The molecule has 0 radical (unpaired) electrons. The number of halogens is 1. The number of amides is 2. The van der Waals surface area contributed by atoms with Crippen molar-refractivity contribution in [3.8, 4) is 11.4 Å². The lowest BCUT2D eigenvalue weighted by Crippen LogP contribution is -2.36. The molecule has 0 bridgehead atoms. The van der Waals surface area contributed by atoms with Crippen molar-refractivity contribution in [1.29, 1.82) is 0 Å². The maximum Gasteiger partial charge on any atom is 0.321 e. The quantitative estimate of drug-likeness (QED) is 0.669. The largest absolute Gasteiger partial charge is 0.490 e. The molecule has 1 aromatic heterocycles. The number of ether oxygens (including phenoxy) is 1. The van der Waals surface area contributed by atoms with Gasteiger partial charge in [-0.05, 0) is 31.2 Å². The fourth-order valence-corrected chi connectivity index (χ4v) is 3.06. The molecule has 0 aliphatic heterocycles. The number of hydrogen-bond acceptors (Lipinski definition) is 3. The van der Waals surface area contributed by atoms with Crippen LogP contribution in [0.25, 0.3) is 5.69 Å². The van der Waals surface area contributed by atoms with Crippen LogP contribution in [0.5, 0.6) is 5.75 Å². The van der Waals surface area contributed by atoms with Gasteiger partial charge in [0.1, 0.15) is 18.0 Å². The molecule has 0 fully saturated rings. The molecular weight excluding hydrogens is 392 g/mol. The number of hydrogen-bond donors (Lipinski definition) is 1. The SMILES string of the molecule is Cc1c(NC(=O)N(C)CCOc2ccccc2Cl)c(=O)n(-c2ccccc2)n1C. The summed E-state index contributed by atoms with van der Waals surface area (Å²) in [6, 6.07) is 16.0. The molecule has 3 aromatic rings. The van der Waals surface area contributed by atoms with Gasteiger partial charge in [0.2, 0.25) is 0 Å². The van der Waals surface area contributed by atoms with Gasteiger partial charge in [-0.15, -0.1) is 0 Å². The molecule has 0 spiro atoms. The van der Waals surface area contributed by atoms with Gasteiger partial charge >= 0.3 is 6.03 Å². The van der Waals surface area contributed by atoms with E-state index in [4.69, 9.17) is 16.3 Å². The third kappa shape index (κ3) is 4.46. The molecule has 29 heavy (non-hydrogen) atoms. The molecule has 152 valence electrons. The van der Waals surface area contributed by atoms with Crippen LogP contribution in [0.1, 0.15) is 5.69 Å². The first-order valence-corrected chi connectivity index (χ1v) is 9.51. The number of para-hydroxylation sites is 2. The van der Waals surface area contributed by atoms with Gasteiger partial charge < -0.3 is 15.0 Å². The highest BCUT2D eigenvalue weighted by Gasteiger charge is 2.19. The maximum atomic E-state index is 12.9. The Morgan fingerprint density at radius 2 is 1.79 bits per heavy atom. The second-order valence-corrected chi connectivity index (χ2v) is 6.97. The summed E-state index contributed by atoms with van der Waals surface area (Å²) < 4.78 is 8.85. The number of urea groups is 1. The lowest BCUT2D eigenvalue weighted by atomic mass is 10.3. The molecule has 2 amide bonds. The number of nitrogens with one attached hydrogen (secondary N) is 1. The Hall–Kier alpha value is -3.19. The highest BCUT2D eigenvalue weighted by molar-refractivity contribution is 6.32. The molecule has 0 atom stereocenters. The third-order valence-electron chi connectivity index (χ3n) is 4.65. The third-order valence-corrected chi connectivity index (χ3v) is 4.97. The second kappa shape index (κ2) is 8.87. The van der Waals surface area contributed by atoms with Crippen molar-refractivity contribution in [2.24, 2.45) is 7.05 Å². The van der Waals surface area contributed by atoms with Crippen molar-refractivity contribution in [2.45, 2.75) is 6.92 Å². The summed E-state index contributed by atoms with van der Waals surface area (Å²) in [6.45, 7) is 2.39. The molecule has 0 saturated heterocycles. The van der Waals surface area contributed by atoms with E-state index in [2.05, 4.69) is 5.32 Å². The van der Waals surface area contributed by atoms with Crippen molar-refractivity contribution in [3.63, 3.8) is 0 Å². The lowest BCUT2D eigenvalue weighted by Gasteiger charge is -2.18. The molecule has 3 rings (SSSR count). The number of nitrogens with zero attached hydrogens (tertiary/aromatic N) is 3. The average Bonchev–Trinajstić information content (AvgIpc) is 2.93. The van der Waals surface area contributed by atoms with Crippen molar-refractivity contribution in [1.82, 2.24) is 14.3 Å². The van der Waals surface area contributed by atoms with Gasteiger partial charge in [-0.2, -0.15) is 0 Å². The first-order valence-electron chi connectivity index (χ1n) is 9.13. The van der Waals surface area contributed by atoms with Crippen molar-refractivity contribution < 1.29 is 9.53 Å². The fraction of sp³-hybridized carbons (Fsp3) is 0.238. The topological polar surface area (TPSA) is 68.5 Å². The van der Waals surface area contributed by atoms with E-state index in [1.54, 1.807) is 37.8 Å². The van der Waals surface area contributed by atoms with Crippen LogP contribution < -0.4 is 15.6 Å². The Morgan fingerprint density at radius 3 is 2.48 bits per heavy atom. The van der Waals surface area contributed by atoms with Gasteiger partial charge in [-0.25, -0.2) is 9.48 Å². The van der Waals surface area contributed by atoms with Crippen LogP contribution in [0.4, 0.5) is 10.5 Å². The molecule has 1 heterocycles. The Kier molecular flexibility index (Phi) is 6.29. The van der Waals surface area contributed by atoms with Gasteiger partial charge in [-0.3, -0.25) is 9.48 Å². The molecule has 0 aliphatic rings. The van der Waals surface area contributed by atoms with Crippen LogP contribution in [0.2, 0.25) is 5.02 Å². The summed E-state index contributed by atoms with van der Waals surface area (Å²) in [6.07, 6.45) is 0. The van der Waals surface area contributed by atoms with Crippen LogP contribution in [0.3, 0.4) is 0 Å². The fourth-order valence-electron chi connectivity index (χ4n) is 2.87. The van der Waals surface area contributed by atoms with Crippen LogP contribution in [-0.2, 0) is 7.05 Å². The van der Waals surface area contributed by atoms with Crippen molar-refractivity contribution in [2.75, 3.05) is 25.5 Å². The standard InChI is InChI=1S/C21H23ClN4O3/c1-15-19(20(27)26(25(15)3)16-9-5-4-6-10-16)23-21(28)24(2)13-14-29-18-12-8-7-11-17(18)22/h4-12H,13-14H2,1-3H3,(H,23,28). The summed E-state index contributed by atoms with van der Waals surface area (Å²) in [5.74, 6) is 0.563. The number of benzene rings is 2. The Bertz CT molecular complexity index is 1060. The van der Waals surface area contributed by atoms with E-state index in [0.29, 0.717) is 23.0 Å². The van der Waals surface area contributed by atoms with Gasteiger partial charge in [0.15, 0.2) is 0 Å². The molecule has 0 unspecified atom stereocenters. The van der Waals surface area contributed by atoms with E-state index in [-0.39, 0.29) is 17.9 Å². The molecule has 7 nitrogen and oxygen atoms in total. The Morgan fingerprint density at radius 1 is 1.14 bits per heavy atom. The van der Waals surface area contributed by atoms with Crippen LogP contribution in [0, 0.1) is 6.92 Å². The Labute approximate surface area is 174 Å². The minimum Gasteiger partial charge on any atom is -0.490 e. The summed E-state index contributed by atoms with van der Waals surface area (Å²) in [5.41, 5.74) is 1.35. The molecular formula is C21H23ClN4O3. The number of aromatic nitrogens is 2. The van der Waals surface area contributed by atoms with Gasteiger partial charge in [0.05, 0.1) is 22.9 Å². The van der Waals surface area contributed by atoms with E-state index in [1.165, 1.54) is 9.58 Å². The second-order valence-electron chi connectivity index (χ2n) is 6.57. The lowest BCUT2D eigenvalue weighted by molar-refractivity contribution is 0.207. The molecule has 1 N–H and O–H groups in total. The summed E-state index contributed by atoms with van der Waals surface area (Å²) in [5, 5.41) is 3.24. The Balaban J connectivity index is 1.67. The monoisotopic (exact) mass is 414 g/mol. The average molecular weight is 415 g/mol. The van der Waals surface area contributed by atoms with Crippen LogP contribution >= 0.6 is 11.6 Å². The minimum absolute atomic E-state index is 0.250. The highest BCUT2D eigenvalue weighted by Crippen LogP contribution is 2.22. The number of rotatable bonds is 6. The van der Waals surface area contributed by atoms with E-state index < -0.39 is 6.03 Å². The zero-order valence-corrected chi connectivity index (χ0v) is 17.3. The van der Waals surface area contributed by atoms with E-state index in [0.717, 1.165) is 5.69 Å². The number of anilines is 1. The number of carbonyl (C=O) groups is 1.